The number of hydrogen-bond acceptors (Lipinski definition) is 3. The fourth-order valence-corrected chi connectivity index (χ4v) is 4.00. The topological polar surface area (TPSA) is 35.5 Å². The third-order valence-electron chi connectivity index (χ3n) is 5.94. The van der Waals surface area contributed by atoms with E-state index in [1.807, 2.05) is 24.3 Å². The first kappa shape index (κ1) is 26.5. The molecule has 3 heteroatoms. The van der Waals surface area contributed by atoms with Crippen LogP contribution in [0.25, 0.3) is 0 Å². The minimum atomic E-state index is -0.143. The molecule has 0 N–H and O–H groups in total. The molecule has 1 rings (SSSR count). The van der Waals surface area contributed by atoms with Gasteiger partial charge in [0.15, 0.2) is 0 Å². The minimum Gasteiger partial charge on any atom is -0.496 e. The van der Waals surface area contributed by atoms with E-state index in [2.05, 4.69) is 13.8 Å². The van der Waals surface area contributed by atoms with Crippen LogP contribution in [0.1, 0.15) is 109 Å². The Hall–Kier alpha value is -1.51. The van der Waals surface area contributed by atoms with Gasteiger partial charge >= 0.3 is 5.97 Å². The van der Waals surface area contributed by atoms with E-state index >= 15 is 0 Å². The summed E-state index contributed by atoms with van der Waals surface area (Å²) >= 11 is 0. The van der Waals surface area contributed by atoms with Gasteiger partial charge in [0.25, 0.3) is 0 Å². The van der Waals surface area contributed by atoms with Gasteiger partial charge in [-0.1, -0.05) is 109 Å². The number of methoxy groups -OCH3 is 1. The predicted molar refractivity (Wildman–Crippen MR) is 127 cm³/mol. The highest BCUT2D eigenvalue weighted by atomic mass is 16.5. The van der Waals surface area contributed by atoms with Gasteiger partial charge in [0.2, 0.25) is 0 Å². The van der Waals surface area contributed by atoms with Gasteiger partial charge in [-0.2, -0.15) is 0 Å². The molecule has 1 aromatic carbocycles. The second-order valence-electron chi connectivity index (χ2n) is 8.65. The number of ether oxygens (including phenoxy) is 2. The average molecular weight is 419 g/mol. The Bertz CT molecular complexity index is 525. The van der Waals surface area contributed by atoms with Gasteiger partial charge in [0.1, 0.15) is 5.75 Å². The monoisotopic (exact) mass is 418 g/mol. The number of unbranched alkanes of at least 4 members (excludes halogenated alkanes) is 10. The van der Waals surface area contributed by atoms with Crippen LogP contribution in [0.3, 0.4) is 0 Å². The third kappa shape index (κ3) is 12.9. The van der Waals surface area contributed by atoms with Crippen molar-refractivity contribution in [2.45, 2.75) is 110 Å². The van der Waals surface area contributed by atoms with Crippen molar-refractivity contribution in [2.75, 3.05) is 13.7 Å². The Morgan fingerprint density at radius 3 is 1.90 bits per heavy atom. The maximum absolute atomic E-state index is 12.4. The average Bonchev–Trinajstić information content (AvgIpc) is 2.76. The summed E-state index contributed by atoms with van der Waals surface area (Å²) < 4.78 is 11.1. The van der Waals surface area contributed by atoms with Crippen molar-refractivity contribution >= 4 is 5.97 Å². The lowest BCUT2D eigenvalue weighted by Crippen LogP contribution is -2.16. The highest BCUT2D eigenvalue weighted by molar-refractivity contribution is 5.73. The molecule has 0 aromatic heterocycles. The van der Waals surface area contributed by atoms with Crippen molar-refractivity contribution in [2.24, 2.45) is 5.92 Å². The van der Waals surface area contributed by atoms with Crippen LogP contribution in [0.4, 0.5) is 0 Å². The minimum absolute atomic E-state index is 0.143. The van der Waals surface area contributed by atoms with Gasteiger partial charge < -0.3 is 9.47 Å². The summed E-state index contributed by atoms with van der Waals surface area (Å²) in [6.07, 6.45) is 18.5. The number of esters is 1. The van der Waals surface area contributed by atoms with E-state index in [9.17, 15) is 4.79 Å². The van der Waals surface area contributed by atoms with Crippen molar-refractivity contribution in [1.82, 2.24) is 0 Å². The van der Waals surface area contributed by atoms with E-state index in [0.717, 1.165) is 11.3 Å². The second-order valence-corrected chi connectivity index (χ2v) is 8.65. The summed E-state index contributed by atoms with van der Waals surface area (Å²) in [5.41, 5.74) is 0.897. The largest absolute Gasteiger partial charge is 0.496 e. The Morgan fingerprint density at radius 2 is 1.33 bits per heavy atom. The first-order valence-electron chi connectivity index (χ1n) is 12.5. The molecular weight excluding hydrogens is 372 g/mol. The van der Waals surface area contributed by atoms with Crippen LogP contribution >= 0.6 is 0 Å². The van der Waals surface area contributed by atoms with Gasteiger partial charge in [-0.15, -0.1) is 0 Å². The summed E-state index contributed by atoms with van der Waals surface area (Å²) in [5.74, 6) is 1.12. The fourth-order valence-electron chi connectivity index (χ4n) is 4.00. The molecule has 0 saturated heterocycles. The number of rotatable bonds is 19. The maximum atomic E-state index is 12.4. The molecule has 30 heavy (non-hydrogen) atoms. The molecule has 0 aliphatic heterocycles. The van der Waals surface area contributed by atoms with Gasteiger partial charge in [-0.3, -0.25) is 4.79 Å². The van der Waals surface area contributed by atoms with Crippen molar-refractivity contribution in [1.29, 1.82) is 0 Å². The molecule has 0 atom stereocenters. The molecule has 0 saturated carbocycles. The summed E-state index contributed by atoms with van der Waals surface area (Å²) in [6.45, 7) is 5.09. The first-order chi connectivity index (χ1) is 14.7. The van der Waals surface area contributed by atoms with Crippen LogP contribution in [0.2, 0.25) is 0 Å². The molecule has 1 aromatic rings. The van der Waals surface area contributed by atoms with Crippen LogP contribution in [0.15, 0.2) is 24.3 Å². The van der Waals surface area contributed by atoms with Gasteiger partial charge in [0, 0.05) is 5.56 Å². The number of carbonyl (C=O) groups excluding carboxylic acids is 1. The Labute approximate surface area is 185 Å². The zero-order valence-corrected chi connectivity index (χ0v) is 19.9. The molecule has 172 valence electrons. The second kappa shape index (κ2) is 18.3. The van der Waals surface area contributed by atoms with Crippen LogP contribution in [-0.2, 0) is 16.0 Å². The van der Waals surface area contributed by atoms with E-state index in [1.165, 1.54) is 89.9 Å². The van der Waals surface area contributed by atoms with E-state index in [1.54, 1.807) is 7.11 Å². The number of carbonyl (C=O) groups is 1. The molecule has 0 aliphatic carbocycles. The van der Waals surface area contributed by atoms with Crippen LogP contribution in [0.5, 0.6) is 5.75 Å². The molecule has 0 aliphatic rings. The number of benzene rings is 1. The maximum Gasteiger partial charge on any atom is 0.310 e. The SMILES string of the molecule is CCCCCCCCC(CCCCCCCC)COC(=O)Cc1ccccc1OC. The highest BCUT2D eigenvalue weighted by Crippen LogP contribution is 2.21. The summed E-state index contributed by atoms with van der Waals surface area (Å²) in [5, 5.41) is 0. The van der Waals surface area contributed by atoms with Gasteiger partial charge in [-0.25, -0.2) is 0 Å². The Balaban J connectivity index is 2.38. The van der Waals surface area contributed by atoms with Crippen molar-refractivity contribution < 1.29 is 14.3 Å². The first-order valence-corrected chi connectivity index (χ1v) is 12.5. The number of hydrogen-bond donors (Lipinski definition) is 0. The van der Waals surface area contributed by atoms with E-state index in [-0.39, 0.29) is 12.4 Å². The van der Waals surface area contributed by atoms with Crippen molar-refractivity contribution in [3.8, 4) is 5.75 Å². The molecule has 0 bridgehead atoms. The van der Waals surface area contributed by atoms with E-state index in [0.29, 0.717) is 12.5 Å². The van der Waals surface area contributed by atoms with Gasteiger partial charge in [-0.05, 0) is 24.8 Å². The molecule has 0 amide bonds. The molecule has 0 radical (unpaired) electrons. The normalized spacial score (nSPS) is 11.1. The zero-order valence-electron chi connectivity index (χ0n) is 19.9. The molecule has 0 spiro atoms. The van der Waals surface area contributed by atoms with Crippen molar-refractivity contribution in [3.63, 3.8) is 0 Å². The van der Waals surface area contributed by atoms with Crippen LogP contribution in [-0.4, -0.2) is 19.7 Å². The van der Waals surface area contributed by atoms with Crippen molar-refractivity contribution in [3.05, 3.63) is 29.8 Å². The third-order valence-corrected chi connectivity index (χ3v) is 5.94. The highest BCUT2D eigenvalue weighted by Gasteiger charge is 2.14. The zero-order chi connectivity index (χ0) is 21.9. The summed E-state index contributed by atoms with van der Waals surface area (Å²) in [4.78, 5) is 12.4. The molecule has 3 nitrogen and oxygen atoms in total. The fraction of sp³-hybridized carbons (Fsp3) is 0.741. The van der Waals surface area contributed by atoms with E-state index in [4.69, 9.17) is 9.47 Å². The molecule has 0 heterocycles. The quantitative estimate of drug-likeness (QED) is 0.169. The molecule has 0 fully saturated rings. The van der Waals surface area contributed by atoms with Crippen LogP contribution in [0, 0.1) is 5.92 Å². The lowest BCUT2D eigenvalue weighted by atomic mass is 9.94. The predicted octanol–water partition coefficient (Wildman–Crippen LogP) is 7.90. The van der Waals surface area contributed by atoms with Crippen LogP contribution < -0.4 is 4.74 Å². The van der Waals surface area contributed by atoms with E-state index < -0.39 is 0 Å². The smallest absolute Gasteiger partial charge is 0.310 e. The Morgan fingerprint density at radius 1 is 0.800 bits per heavy atom. The molecular formula is C27H46O3. The summed E-state index contributed by atoms with van der Waals surface area (Å²) in [7, 11) is 1.64. The standard InChI is InChI=1S/C27H46O3/c1-4-6-8-10-12-14-18-24(19-15-13-11-9-7-5-2)23-30-27(28)22-25-20-16-17-21-26(25)29-3/h16-17,20-21,24H,4-15,18-19,22-23H2,1-3H3. The number of para-hydroxylation sites is 1. The van der Waals surface area contributed by atoms with Gasteiger partial charge in [0.05, 0.1) is 20.1 Å². The molecule has 0 unspecified atom stereocenters. The summed E-state index contributed by atoms with van der Waals surface area (Å²) in [6, 6.07) is 7.68. The lowest BCUT2D eigenvalue weighted by Gasteiger charge is -2.17. The Kier molecular flexibility index (Phi) is 16.2. The lowest BCUT2D eigenvalue weighted by molar-refractivity contribution is -0.144.